The number of benzene rings is 2. The molecule has 0 saturated heterocycles. The number of nitrogens with zero attached hydrogens (tertiary/aromatic N) is 1. The Morgan fingerprint density at radius 1 is 0.875 bits per heavy atom. The first-order valence-electron chi connectivity index (χ1n) is 4.80. The molecule has 0 radical (unpaired) electrons. The summed E-state index contributed by atoms with van der Waals surface area (Å²) in [5, 5.41) is 1.07. The second-order valence-corrected chi connectivity index (χ2v) is 4.02. The molecule has 0 unspecified atom stereocenters. The first-order valence-corrected chi connectivity index (χ1v) is 5.56. The molecule has 0 aromatic heterocycles. The molecular formula is C13H9Cl2N. The summed E-state index contributed by atoms with van der Waals surface area (Å²) in [6.07, 6.45) is 1.71. The van der Waals surface area contributed by atoms with Crippen LogP contribution in [-0.4, -0.2) is 6.21 Å². The van der Waals surface area contributed by atoms with Crippen molar-refractivity contribution in [2.45, 2.75) is 0 Å². The van der Waals surface area contributed by atoms with Crippen LogP contribution < -0.4 is 0 Å². The number of hydrogen-bond donors (Lipinski definition) is 0. The van der Waals surface area contributed by atoms with Gasteiger partial charge in [-0.2, -0.15) is 0 Å². The monoisotopic (exact) mass is 249 g/mol. The number of hydrogen-bond acceptors (Lipinski definition) is 1. The van der Waals surface area contributed by atoms with Crippen molar-refractivity contribution in [3.05, 3.63) is 64.1 Å². The molecule has 0 amide bonds. The Morgan fingerprint density at radius 3 is 2.38 bits per heavy atom. The van der Waals surface area contributed by atoms with Crippen LogP contribution in [0.1, 0.15) is 5.56 Å². The van der Waals surface area contributed by atoms with Crippen LogP contribution in [0.5, 0.6) is 0 Å². The summed E-state index contributed by atoms with van der Waals surface area (Å²) in [6, 6.07) is 15.2. The maximum Gasteiger partial charge on any atom is 0.0680 e. The maximum absolute atomic E-state index is 6.04. The van der Waals surface area contributed by atoms with Gasteiger partial charge in [0.15, 0.2) is 0 Å². The zero-order valence-corrected chi connectivity index (χ0v) is 9.91. The Morgan fingerprint density at radius 2 is 1.62 bits per heavy atom. The first kappa shape index (κ1) is 11.2. The second kappa shape index (κ2) is 5.15. The molecule has 0 heterocycles. The SMILES string of the molecule is Clc1cccc(/C=N/c2ccccc2)c1Cl. The van der Waals surface area contributed by atoms with E-state index in [0.29, 0.717) is 10.0 Å². The van der Waals surface area contributed by atoms with Gasteiger partial charge in [-0.25, -0.2) is 0 Å². The normalized spacial score (nSPS) is 10.9. The van der Waals surface area contributed by atoms with E-state index in [9.17, 15) is 0 Å². The lowest BCUT2D eigenvalue weighted by Crippen LogP contribution is -1.82. The van der Waals surface area contributed by atoms with Gasteiger partial charge >= 0.3 is 0 Å². The van der Waals surface area contributed by atoms with Crippen molar-refractivity contribution in [1.82, 2.24) is 0 Å². The summed E-state index contributed by atoms with van der Waals surface area (Å²) in [5.74, 6) is 0. The largest absolute Gasteiger partial charge is 0.256 e. The zero-order chi connectivity index (χ0) is 11.4. The van der Waals surface area contributed by atoms with Gasteiger partial charge in [0.05, 0.1) is 15.7 Å². The lowest BCUT2D eigenvalue weighted by atomic mass is 10.2. The third-order valence-electron chi connectivity index (χ3n) is 2.09. The second-order valence-electron chi connectivity index (χ2n) is 3.24. The van der Waals surface area contributed by atoms with Crippen LogP contribution in [0.15, 0.2) is 53.5 Å². The molecule has 16 heavy (non-hydrogen) atoms. The van der Waals surface area contributed by atoms with E-state index in [4.69, 9.17) is 23.2 Å². The topological polar surface area (TPSA) is 12.4 Å². The molecule has 0 spiro atoms. The minimum atomic E-state index is 0.531. The van der Waals surface area contributed by atoms with Crippen molar-refractivity contribution in [3.63, 3.8) is 0 Å². The van der Waals surface area contributed by atoms with Crippen molar-refractivity contribution in [2.75, 3.05) is 0 Å². The summed E-state index contributed by atoms with van der Waals surface area (Å²) in [6.45, 7) is 0. The molecule has 2 aromatic rings. The molecule has 0 N–H and O–H groups in total. The van der Waals surface area contributed by atoms with Crippen molar-refractivity contribution in [3.8, 4) is 0 Å². The summed E-state index contributed by atoms with van der Waals surface area (Å²) in [4.78, 5) is 4.31. The van der Waals surface area contributed by atoms with E-state index < -0.39 is 0 Å². The van der Waals surface area contributed by atoms with Crippen LogP contribution in [-0.2, 0) is 0 Å². The van der Waals surface area contributed by atoms with Gasteiger partial charge in [-0.15, -0.1) is 0 Å². The highest BCUT2D eigenvalue weighted by molar-refractivity contribution is 6.43. The molecule has 0 bridgehead atoms. The Kier molecular flexibility index (Phi) is 3.60. The van der Waals surface area contributed by atoms with Gasteiger partial charge in [-0.3, -0.25) is 4.99 Å². The van der Waals surface area contributed by atoms with Crippen LogP contribution in [0, 0.1) is 0 Å². The molecule has 0 aliphatic rings. The van der Waals surface area contributed by atoms with Crippen molar-refractivity contribution in [1.29, 1.82) is 0 Å². The summed E-state index contributed by atoms with van der Waals surface area (Å²) in [7, 11) is 0. The standard InChI is InChI=1S/C13H9Cl2N/c14-12-8-4-5-10(13(12)15)9-16-11-6-2-1-3-7-11/h1-9H/b16-9+. The Bertz CT molecular complexity index is 507. The molecule has 80 valence electrons. The molecule has 1 nitrogen and oxygen atoms in total. The zero-order valence-electron chi connectivity index (χ0n) is 8.40. The Hall–Kier alpha value is -1.31. The van der Waals surface area contributed by atoms with Crippen molar-refractivity contribution in [2.24, 2.45) is 4.99 Å². The number of aliphatic imine (C=N–C) groups is 1. The molecule has 0 aliphatic heterocycles. The third kappa shape index (κ3) is 2.63. The molecule has 0 atom stereocenters. The van der Waals surface area contributed by atoms with E-state index in [1.807, 2.05) is 42.5 Å². The average molecular weight is 250 g/mol. The average Bonchev–Trinajstić information content (AvgIpc) is 2.32. The first-order chi connectivity index (χ1) is 7.77. The molecule has 0 fully saturated rings. The van der Waals surface area contributed by atoms with Crippen molar-refractivity contribution < 1.29 is 0 Å². The fourth-order valence-electron chi connectivity index (χ4n) is 1.28. The van der Waals surface area contributed by atoms with Gasteiger partial charge < -0.3 is 0 Å². The highest BCUT2D eigenvalue weighted by atomic mass is 35.5. The van der Waals surface area contributed by atoms with E-state index in [1.165, 1.54) is 0 Å². The third-order valence-corrected chi connectivity index (χ3v) is 2.92. The van der Waals surface area contributed by atoms with E-state index in [-0.39, 0.29) is 0 Å². The van der Waals surface area contributed by atoms with E-state index >= 15 is 0 Å². The maximum atomic E-state index is 6.04. The summed E-state index contributed by atoms with van der Waals surface area (Å²) >= 11 is 11.9. The highest BCUT2D eigenvalue weighted by Gasteiger charge is 2.00. The van der Waals surface area contributed by atoms with Gasteiger partial charge in [-0.1, -0.05) is 53.5 Å². The smallest absolute Gasteiger partial charge is 0.0680 e. The Balaban J connectivity index is 2.28. The fraction of sp³-hybridized carbons (Fsp3) is 0. The minimum Gasteiger partial charge on any atom is -0.256 e. The van der Waals surface area contributed by atoms with Gasteiger partial charge in [0.2, 0.25) is 0 Å². The van der Waals surface area contributed by atoms with E-state index in [1.54, 1.807) is 12.3 Å². The number of rotatable bonds is 2. The van der Waals surface area contributed by atoms with Gasteiger partial charge in [-0.05, 0) is 18.2 Å². The van der Waals surface area contributed by atoms with Gasteiger partial charge in [0, 0.05) is 11.8 Å². The highest BCUT2D eigenvalue weighted by Crippen LogP contribution is 2.24. The van der Waals surface area contributed by atoms with Crippen LogP contribution in [0.2, 0.25) is 10.0 Å². The van der Waals surface area contributed by atoms with Gasteiger partial charge in [0.25, 0.3) is 0 Å². The predicted octanol–water partition coefficient (Wildman–Crippen LogP) is 4.74. The lowest BCUT2D eigenvalue weighted by molar-refractivity contribution is 1.53. The van der Waals surface area contributed by atoms with Crippen molar-refractivity contribution >= 4 is 35.1 Å². The minimum absolute atomic E-state index is 0.531. The van der Waals surface area contributed by atoms with Crippen LogP contribution in [0.25, 0.3) is 0 Å². The molecular weight excluding hydrogens is 241 g/mol. The van der Waals surface area contributed by atoms with Crippen LogP contribution in [0.3, 0.4) is 0 Å². The van der Waals surface area contributed by atoms with E-state index in [0.717, 1.165) is 11.3 Å². The predicted molar refractivity (Wildman–Crippen MR) is 70.2 cm³/mol. The van der Waals surface area contributed by atoms with Crippen LogP contribution in [0.4, 0.5) is 5.69 Å². The van der Waals surface area contributed by atoms with Crippen LogP contribution >= 0.6 is 23.2 Å². The Labute approximate surface area is 104 Å². The van der Waals surface area contributed by atoms with E-state index in [2.05, 4.69) is 4.99 Å². The quantitative estimate of drug-likeness (QED) is 0.682. The molecule has 0 saturated carbocycles. The molecule has 2 rings (SSSR count). The fourth-order valence-corrected chi connectivity index (χ4v) is 1.63. The molecule has 2 aromatic carbocycles. The molecule has 3 heteroatoms. The molecule has 0 aliphatic carbocycles. The van der Waals surface area contributed by atoms with Gasteiger partial charge in [0.1, 0.15) is 0 Å². The number of halogens is 2. The summed E-state index contributed by atoms with van der Waals surface area (Å²) in [5.41, 5.74) is 1.71. The summed E-state index contributed by atoms with van der Waals surface area (Å²) < 4.78 is 0. The number of para-hydroxylation sites is 1. The lowest BCUT2D eigenvalue weighted by Gasteiger charge is -1.99.